The van der Waals surface area contributed by atoms with Crippen molar-refractivity contribution in [3.63, 3.8) is 0 Å². The Bertz CT molecular complexity index is 824. The molecule has 0 spiro atoms. The van der Waals surface area contributed by atoms with Crippen LogP contribution in [0.3, 0.4) is 0 Å². The van der Waals surface area contributed by atoms with Gasteiger partial charge in [0.1, 0.15) is 28.7 Å². The van der Waals surface area contributed by atoms with Gasteiger partial charge in [-0.3, -0.25) is 15.1 Å². The zero-order valence-corrected chi connectivity index (χ0v) is 15.4. The molecule has 0 aliphatic carbocycles. The summed E-state index contributed by atoms with van der Waals surface area (Å²) >= 11 is 6.01. The summed E-state index contributed by atoms with van der Waals surface area (Å²) in [5.41, 5.74) is 17.2. The first-order valence-electron chi connectivity index (χ1n) is 8.15. The minimum absolute atomic E-state index is 0.126. The number of hydrogen-bond donors (Lipinski definition) is 6. The molecule has 0 aromatic heterocycles. The molecule has 1 unspecified atom stereocenters. The van der Waals surface area contributed by atoms with Crippen molar-refractivity contribution in [1.82, 2.24) is 4.90 Å². The van der Waals surface area contributed by atoms with Gasteiger partial charge in [-0.25, -0.2) is 4.99 Å². The molecule has 0 saturated carbocycles. The Morgan fingerprint density at radius 1 is 1.44 bits per heavy atom. The number of rotatable bonds is 5. The van der Waals surface area contributed by atoms with Crippen LogP contribution in [0.5, 0.6) is 11.5 Å². The minimum Gasteiger partial charge on any atom is -0.508 e. The monoisotopic (exact) mass is 395 g/mol. The Morgan fingerprint density at radius 2 is 2.11 bits per heavy atom. The zero-order valence-electron chi connectivity index (χ0n) is 14.7. The summed E-state index contributed by atoms with van der Waals surface area (Å²) in [6, 6.07) is 3.98. The number of carbonyl (C=O) groups is 1. The number of aromatic hydroxyl groups is 2. The molecule has 1 amide bonds. The number of unbranched alkanes of at least 4 members (excludes halogenated alkanes) is 1. The lowest BCUT2D eigenvalue weighted by Gasteiger charge is -2.38. The van der Waals surface area contributed by atoms with Gasteiger partial charge in [-0.2, -0.15) is 0 Å². The molecule has 27 heavy (non-hydrogen) atoms. The average molecular weight is 396 g/mol. The molecular formula is C16H22ClN7O3. The number of carbonyl (C=O) groups excluding carboxylic acids is 1. The fourth-order valence-corrected chi connectivity index (χ4v) is 2.74. The van der Waals surface area contributed by atoms with Crippen LogP contribution in [0, 0.1) is 5.41 Å². The smallest absolute Gasteiger partial charge is 0.271 e. The van der Waals surface area contributed by atoms with Gasteiger partial charge in [0.15, 0.2) is 5.70 Å². The van der Waals surface area contributed by atoms with Crippen molar-refractivity contribution in [2.45, 2.75) is 25.9 Å². The normalized spacial score (nSPS) is 16.9. The van der Waals surface area contributed by atoms with E-state index in [9.17, 15) is 15.0 Å². The van der Waals surface area contributed by atoms with Crippen LogP contribution in [0.4, 0.5) is 5.69 Å². The lowest BCUT2D eigenvalue weighted by molar-refractivity contribution is -0.114. The van der Waals surface area contributed by atoms with Crippen LogP contribution >= 0.6 is 11.6 Å². The van der Waals surface area contributed by atoms with E-state index in [1.165, 1.54) is 17.0 Å². The number of hydrogen-bond acceptors (Lipinski definition) is 7. The van der Waals surface area contributed by atoms with Gasteiger partial charge in [-0.05, 0) is 18.6 Å². The number of nitrogens with zero attached hydrogens (tertiary/aromatic N) is 3. The molecule has 1 aliphatic rings. The van der Waals surface area contributed by atoms with Crippen molar-refractivity contribution < 1.29 is 15.0 Å². The zero-order chi connectivity index (χ0) is 20.3. The maximum absolute atomic E-state index is 11.6. The molecular weight excluding hydrogens is 374 g/mol. The number of phenolic OH excluding ortho intramolecular Hbond substituents is 2. The third-order valence-corrected chi connectivity index (χ3v) is 4.25. The molecule has 9 N–H and O–H groups in total. The lowest BCUT2D eigenvalue weighted by atomic mass is 10.2. The first-order valence-corrected chi connectivity index (χ1v) is 8.53. The molecule has 11 heteroatoms. The van der Waals surface area contributed by atoms with Crippen LogP contribution < -0.4 is 22.1 Å². The van der Waals surface area contributed by atoms with Gasteiger partial charge < -0.3 is 32.3 Å². The van der Waals surface area contributed by atoms with E-state index in [-0.39, 0.29) is 39.8 Å². The van der Waals surface area contributed by atoms with E-state index in [1.54, 1.807) is 0 Å². The first-order chi connectivity index (χ1) is 12.7. The predicted octanol–water partition coefficient (Wildman–Crippen LogP) is 0.490. The minimum atomic E-state index is -1.11. The number of aliphatic imine (C=N–C) groups is 1. The second-order valence-corrected chi connectivity index (χ2v) is 6.24. The molecule has 1 aromatic carbocycles. The van der Waals surface area contributed by atoms with Crippen molar-refractivity contribution in [1.29, 1.82) is 5.41 Å². The molecule has 0 radical (unpaired) electrons. The number of amides is 1. The first kappa shape index (κ1) is 20.3. The number of halogens is 1. The van der Waals surface area contributed by atoms with E-state index in [0.717, 1.165) is 17.4 Å². The van der Waals surface area contributed by atoms with Crippen LogP contribution in [0.1, 0.15) is 19.8 Å². The molecule has 0 bridgehead atoms. The molecule has 1 atom stereocenters. The van der Waals surface area contributed by atoms with Gasteiger partial charge in [0.25, 0.3) is 5.91 Å². The van der Waals surface area contributed by atoms with Gasteiger partial charge in [0.2, 0.25) is 5.96 Å². The number of phenols is 2. The summed E-state index contributed by atoms with van der Waals surface area (Å²) in [5, 5.41) is 28.2. The fourth-order valence-electron chi connectivity index (χ4n) is 2.55. The Labute approximate surface area is 161 Å². The quantitative estimate of drug-likeness (QED) is 0.310. The van der Waals surface area contributed by atoms with E-state index >= 15 is 0 Å². The summed E-state index contributed by atoms with van der Waals surface area (Å²) < 4.78 is 0. The molecule has 10 nitrogen and oxygen atoms in total. The number of nitrogens with one attached hydrogen (secondary N) is 1. The van der Waals surface area contributed by atoms with E-state index in [4.69, 9.17) is 34.2 Å². The van der Waals surface area contributed by atoms with Gasteiger partial charge in [-0.1, -0.05) is 24.9 Å². The van der Waals surface area contributed by atoms with E-state index in [0.29, 0.717) is 13.0 Å². The van der Waals surface area contributed by atoms with Crippen LogP contribution in [-0.2, 0) is 4.79 Å². The summed E-state index contributed by atoms with van der Waals surface area (Å²) in [5.74, 6) is -1.73. The number of anilines is 1. The number of benzene rings is 1. The molecule has 1 aliphatic heterocycles. The van der Waals surface area contributed by atoms with E-state index < -0.39 is 12.1 Å². The van der Waals surface area contributed by atoms with E-state index in [1.807, 2.05) is 6.92 Å². The maximum atomic E-state index is 11.6. The predicted molar refractivity (Wildman–Crippen MR) is 103 cm³/mol. The largest absolute Gasteiger partial charge is 0.508 e. The second kappa shape index (κ2) is 8.14. The number of guanidine groups is 1. The van der Waals surface area contributed by atoms with Gasteiger partial charge in [-0.15, -0.1) is 0 Å². The van der Waals surface area contributed by atoms with Crippen LogP contribution in [0.15, 0.2) is 34.7 Å². The Hall–Kier alpha value is -2.98. The highest BCUT2D eigenvalue weighted by molar-refractivity contribution is 6.67. The Morgan fingerprint density at radius 3 is 2.67 bits per heavy atom. The van der Waals surface area contributed by atoms with Gasteiger partial charge in [0.05, 0.1) is 5.69 Å². The van der Waals surface area contributed by atoms with Crippen molar-refractivity contribution in [2.24, 2.45) is 22.2 Å². The topological polar surface area (TPSA) is 178 Å². The number of primary amides is 1. The van der Waals surface area contributed by atoms with Crippen molar-refractivity contribution in [2.75, 3.05) is 11.4 Å². The lowest BCUT2D eigenvalue weighted by Crippen LogP contribution is -2.58. The molecule has 2 rings (SSSR count). The highest BCUT2D eigenvalue weighted by Gasteiger charge is 2.35. The summed E-state index contributed by atoms with van der Waals surface area (Å²) in [4.78, 5) is 17.9. The molecule has 146 valence electrons. The maximum Gasteiger partial charge on any atom is 0.271 e. The SMILES string of the molecule is CCCCN(C(=N)N1C(N)=C(C(N)=O)N=C(Cl)C1N)c1ccc(O)cc1O. The van der Waals surface area contributed by atoms with Crippen molar-refractivity contribution in [3.05, 3.63) is 29.7 Å². The standard InChI is InChI=1S/C16H22ClN7O3/c1-2-3-6-23(9-5-4-8(25)7-10(9)26)16(21)24-13(18)11(15(20)27)22-12(17)14(24)19/h4-5,7,14,21,25-26H,2-3,6,18-19H2,1H3,(H2,20,27). The summed E-state index contributed by atoms with van der Waals surface area (Å²) in [6.07, 6.45) is 0.389. The summed E-state index contributed by atoms with van der Waals surface area (Å²) in [7, 11) is 0. The van der Waals surface area contributed by atoms with Gasteiger partial charge >= 0.3 is 0 Å². The molecule has 0 saturated heterocycles. The highest BCUT2D eigenvalue weighted by Crippen LogP contribution is 2.32. The highest BCUT2D eigenvalue weighted by atomic mass is 35.5. The third kappa shape index (κ3) is 4.07. The number of nitrogens with two attached hydrogens (primary N) is 3. The second-order valence-electron chi connectivity index (χ2n) is 5.85. The van der Waals surface area contributed by atoms with Crippen molar-refractivity contribution >= 4 is 34.3 Å². The Kier molecular flexibility index (Phi) is 6.13. The molecule has 0 fully saturated rings. The Balaban J connectivity index is 2.51. The van der Waals surface area contributed by atoms with Gasteiger partial charge in [0, 0.05) is 12.6 Å². The van der Waals surface area contributed by atoms with Crippen molar-refractivity contribution in [3.8, 4) is 11.5 Å². The van der Waals surface area contributed by atoms with Crippen LogP contribution in [0.2, 0.25) is 0 Å². The third-order valence-electron chi connectivity index (χ3n) is 3.95. The average Bonchev–Trinajstić information content (AvgIpc) is 2.59. The molecule has 1 heterocycles. The molecule has 1 aromatic rings. The van der Waals surface area contributed by atoms with Crippen LogP contribution in [-0.4, -0.2) is 44.9 Å². The van der Waals surface area contributed by atoms with Crippen LogP contribution in [0.25, 0.3) is 0 Å². The fraction of sp³-hybridized carbons (Fsp3) is 0.312. The summed E-state index contributed by atoms with van der Waals surface area (Å²) in [6.45, 7) is 2.30. The van der Waals surface area contributed by atoms with E-state index in [2.05, 4.69) is 4.99 Å².